The number of carbonyl (C=O) groups excluding carboxylic acids is 1. The molecule has 0 radical (unpaired) electrons. The zero-order valence-corrected chi connectivity index (χ0v) is 16.2. The van der Waals surface area contributed by atoms with E-state index in [0.29, 0.717) is 6.54 Å². The number of fused-ring (bicyclic) bond motifs is 9. The van der Waals surface area contributed by atoms with E-state index in [-0.39, 0.29) is 35.6 Å². The number of aliphatic hydroxyl groups excluding tert-OH is 2. The number of amides is 1. The Balaban J connectivity index is 1.41. The van der Waals surface area contributed by atoms with E-state index in [1.165, 1.54) is 0 Å². The minimum absolute atomic E-state index is 0.0125. The lowest BCUT2D eigenvalue weighted by atomic mass is 9.66. The van der Waals surface area contributed by atoms with Crippen LogP contribution in [0.3, 0.4) is 0 Å². The SMILES string of the molecule is O=C1NCc2cc3c(cc21)[C@H]1[C@H]2CC([C@H]1[C@H](c1ccc4[nH]ncc4c1)N3)[C@H](O)[C@@H]2O. The molecule has 2 saturated carbocycles. The Morgan fingerprint density at radius 1 is 1.07 bits per heavy atom. The number of benzene rings is 2. The molecule has 0 spiro atoms. The zero-order chi connectivity index (χ0) is 20.1. The van der Waals surface area contributed by atoms with E-state index in [0.717, 1.165) is 45.3 Å². The van der Waals surface area contributed by atoms with Crippen LogP contribution in [0.5, 0.6) is 0 Å². The first-order valence-electron chi connectivity index (χ1n) is 10.6. The molecule has 152 valence electrons. The second-order valence-electron chi connectivity index (χ2n) is 9.27. The summed E-state index contributed by atoms with van der Waals surface area (Å²) >= 11 is 0. The molecule has 2 aromatic carbocycles. The van der Waals surface area contributed by atoms with Gasteiger partial charge in [0.05, 0.1) is 30.0 Å². The molecule has 30 heavy (non-hydrogen) atoms. The van der Waals surface area contributed by atoms with Gasteiger partial charge in [0, 0.05) is 23.2 Å². The number of anilines is 1. The molecule has 2 aliphatic heterocycles. The number of hydrogen-bond donors (Lipinski definition) is 5. The average molecular weight is 402 g/mol. The van der Waals surface area contributed by atoms with Crippen LogP contribution in [0.15, 0.2) is 36.5 Å². The van der Waals surface area contributed by atoms with E-state index in [2.05, 4.69) is 39.0 Å². The van der Waals surface area contributed by atoms with Gasteiger partial charge in [-0.15, -0.1) is 0 Å². The van der Waals surface area contributed by atoms with Gasteiger partial charge < -0.3 is 20.8 Å². The molecule has 2 fully saturated rings. The van der Waals surface area contributed by atoms with Crippen molar-refractivity contribution in [2.45, 2.75) is 37.1 Å². The maximum absolute atomic E-state index is 12.3. The number of rotatable bonds is 1. The van der Waals surface area contributed by atoms with Gasteiger partial charge in [-0.2, -0.15) is 5.10 Å². The smallest absolute Gasteiger partial charge is 0.251 e. The Labute approximate surface area is 172 Å². The second kappa shape index (κ2) is 5.62. The monoisotopic (exact) mass is 402 g/mol. The van der Waals surface area contributed by atoms with E-state index in [9.17, 15) is 15.0 Å². The molecule has 7 heteroatoms. The van der Waals surface area contributed by atoms with Crippen molar-refractivity contribution in [3.8, 4) is 0 Å². The Morgan fingerprint density at radius 3 is 2.83 bits per heavy atom. The molecule has 2 bridgehead atoms. The summed E-state index contributed by atoms with van der Waals surface area (Å²) < 4.78 is 0. The van der Waals surface area contributed by atoms with Gasteiger partial charge in [0.2, 0.25) is 0 Å². The predicted octanol–water partition coefficient (Wildman–Crippen LogP) is 2.04. The van der Waals surface area contributed by atoms with Crippen LogP contribution in [0.4, 0.5) is 5.69 Å². The van der Waals surface area contributed by atoms with Gasteiger partial charge in [-0.05, 0) is 71.0 Å². The van der Waals surface area contributed by atoms with E-state index in [4.69, 9.17) is 0 Å². The Hall–Kier alpha value is -2.90. The third kappa shape index (κ3) is 2.01. The van der Waals surface area contributed by atoms with E-state index < -0.39 is 12.2 Å². The van der Waals surface area contributed by atoms with Crippen LogP contribution in [-0.4, -0.2) is 38.5 Å². The fraction of sp³-hybridized carbons (Fsp3) is 0.391. The molecule has 1 aromatic heterocycles. The van der Waals surface area contributed by atoms with Crippen molar-refractivity contribution in [2.75, 3.05) is 5.32 Å². The van der Waals surface area contributed by atoms with Gasteiger partial charge in [-0.3, -0.25) is 9.89 Å². The molecule has 5 N–H and O–H groups in total. The topological polar surface area (TPSA) is 110 Å². The highest BCUT2D eigenvalue weighted by Crippen LogP contribution is 2.64. The summed E-state index contributed by atoms with van der Waals surface area (Å²) in [6.07, 6.45) is 1.24. The molecule has 3 heterocycles. The molecule has 7 nitrogen and oxygen atoms in total. The fourth-order valence-electron chi connectivity index (χ4n) is 6.70. The van der Waals surface area contributed by atoms with Crippen molar-refractivity contribution in [1.82, 2.24) is 15.5 Å². The largest absolute Gasteiger partial charge is 0.390 e. The lowest BCUT2D eigenvalue weighted by Gasteiger charge is -2.46. The molecule has 1 amide bonds. The van der Waals surface area contributed by atoms with Crippen LogP contribution in [0, 0.1) is 17.8 Å². The minimum atomic E-state index is -0.707. The predicted molar refractivity (Wildman–Crippen MR) is 110 cm³/mol. The van der Waals surface area contributed by atoms with E-state index >= 15 is 0 Å². The molecule has 1 unspecified atom stereocenters. The van der Waals surface area contributed by atoms with Crippen molar-refractivity contribution < 1.29 is 15.0 Å². The lowest BCUT2D eigenvalue weighted by Crippen LogP contribution is -2.46. The molecule has 2 aliphatic carbocycles. The number of nitrogens with one attached hydrogen (secondary N) is 3. The van der Waals surface area contributed by atoms with Gasteiger partial charge in [0.25, 0.3) is 5.91 Å². The number of nitrogens with zero attached hydrogens (tertiary/aromatic N) is 1. The first-order valence-corrected chi connectivity index (χ1v) is 10.6. The maximum atomic E-state index is 12.3. The Morgan fingerprint density at radius 2 is 1.93 bits per heavy atom. The summed E-state index contributed by atoms with van der Waals surface area (Å²) in [7, 11) is 0. The molecule has 3 aromatic rings. The van der Waals surface area contributed by atoms with Crippen LogP contribution in [0.1, 0.15) is 45.4 Å². The number of carbonyl (C=O) groups is 1. The van der Waals surface area contributed by atoms with Crippen LogP contribution in [-0.2, 0) is 6.54 Å². The number of aromatic nitrogens is 2. The number of hydrogen-bond acceptors (Lipinski definition) is 5. The summed E-state index contributed by atoms with van der Waals surface area (Å²) in [6, 6.07) is 10.5. The van der Waals surface area contributed by atoms with Crippen LogP contribution >= 0.6 is 0 Å². The molecule has 0 saturated heterocycles. The van der Waals surface area contributed by atoms with Crippen molar-refractivity contribution in [3.63, 3.8) is 0 Å². The normalized spacial score (nSPS) is 35.7. The Bertz CT molecular complexity index is 1220. The van der Waals surface area contributed by atoms with Crippen LogP contribution in [0.25, 0.3) is 10.9 Å². The summed E-state index contributed by atoms with van der Waals surface area (Å²) in [6.45, 7) is 0.552. The third-order valence-corrected chi connectivity index (χ3v) is 7.98. The molecular formula is C23H22N4O3. The van der Waals surface area contributed by atoms with Crippen LogP contribution in [0.2, 0.25) is 0 Å². The first kappa shape index (κ1) is 16.8. The zero-order valence-electron chi connectivity index (χ0n) is 16.2. The van der Waals surface area contributed by atoms with Crippen molar-refractivity contribution in [3.05, 3.63) is 58.8 Å². The lowest BCUT2D eigenvalue weighted by molar-refractivity contribution is -0.0467. The summed E-state index contributed by atoms with van der Waals surface area (Å²) in [5, 5.41) is 36.3. The molecule has 4 aliphatic rings. The standard InChI is InChI=1S/C23H22N4O3/c28-21-14-6-15(22(21)29)19-18(14)13-5-12-10(7-24-23(12)30)4-17(13)26-20(19)9-1-2-16-11(3-9)8-25-27-16/h1-5,8,14-15,18-22,26,28-29H,6-7H2,(H,24,30)(H,25,27)/t14-,15?,18+,19-,20+,21-,22+/m1/s1. The summed E-state index contributed by atoms with van der Waals surface area (Å²) in [4.78, 5) is 12.3. The van der Waals surface area contributed by atoms with E-state index in [1.807, 2.05) is 18.3 Å². The van der Waals surface area contributed by atoms with Gasteiger partial charge in [0.15, 0.2) is 0 Å². The highest BCUT2D eigenvalue weighted by atomic mass is 16.3. The van der Waals surface area contributed by atoms with Crippen LogP contribution < -0.4 is 10.6 Å². The Kier molecular flexibility index (Phi) is 3.16. The number of aliphatic hydroxyl groups is 2. The fourth-order valence-corrected chi connectivity index (χ4v) is 6.70. The summed E-state index contributed by atoms with van der Waals surface area (Å²) in [5.74, 6) is 0.295. The van der Waals surface area contributed by atoms with E-state index in [1.54, 1.807) is 0 Å². The van der Waals surface area contributed by atoms with Crippen molar-refractivity contribution in [1.29, 1.82) is 0 Å². The quantitative estimate of drug-likeness (QED) is 0.428. The molecular weight excluding hydrogens is 380 g/mol. The van der Waals surface area contributed by atoms with Gasteiger partial charge in [-0.25, -0.2) is 0 Å². The minimum Gasteiger partial charge on any atom is -0.390 e. The second-order valence-corrected chi connectivity index (χ2v) is 9.27. The van der Waals surface area contributed by atoms with Crippen molar-refractivity contribution in [2.24, 2.45) is 17.8 Å². The van der Waals surface area contributed by atoms with Gasteiger partial charge in [0.1, 0.15) is 0 Å². The maximum Gasteiger partial charge on any atom is 0.251 e. The van der Waals surface area contributed by atoms with Gasteiger partial charge in [-0.1, -0.05) is 6.07 Å². The highest BCUT2D eigenvalue weighted by Gasteiger charge is 2.61. The van der Waals surface area contributed by atoms with Gasteiger partial charge >= 0.3 is 0 Å². The number of aromatic amines is 1. The molecule has 7 rings (SSSR count). The highest BCUT2D eigenvalue weighted by molar-refractivity contribution is 5.99. The third-order valence-electron chi connectivity index (χ3n) is 7.98. The first-order chi connectivity index (χ1) is 14.6. The molecule has 7 atom stereocenters. The van der Waals surface area contributed by atoms with Crippen molar-refractivity contribution >= 4 is 22.5 Å². The summed E-state index contributed by atoms with van der Waals surface area (Å²) in [5.41, 5.74) is 6.06. The number of H-pyrrole nitrogens is 1. The average Bonchev–Trinajstić information content (AvgIpc) is 3.51.